The molecule has 0 aromatic carbocycles. The van der Waals surface area contributed by atoms with Crippen molar-refractivity contribution in [3.8, 4) is 0 Å². The first kappa shape index (κ1) is 21.2. The Kier molecular flexibility index (Phi) is 6.18. The number of amides is 3. The highest BCUT2D eigenvalue weighted by atomic mass is 19.4. The van der Waals surface area contributed by atoms with Gasteiger partial charge in [-0.25, -0.2) is 9.78 Å². The zero-order valence-electron chi connectivity index (χ0n) is 16.7. The molecular weight excluding hydrogens is 387 g/mol. The maximum atomic E-state index is 12.8. The Morgan fingerprint density at radius 3 is 2.10 bits per heavy atom. The summed E-state index contributed by atoms with van der Waals surface area (Å²) in [5, 5.41) is 0. The van der Waals surface area contributed by atoms with E-state index in [0.29, 0.717) is 57.9 Å². The number of pyridine rings is 1. The largest absolute Gasteiger partial charge is 0.417 e. The molecule has 10 heteroatoms. The third-order valence-electron chi connectivity index (χ3n) is 5.49. The molecule has 0 spiro atoms. The number of hydrogen-bond acceptors (Lipinski definition) is 4. The molecule has 3 amide bonds. The van der Waals surface area contributed by atoms with Gasteiger partial charge in [0.1, 0.15) is 5.82 Å². The number of carbonyl (C=O) groups is 2. The van der Waals surface area contributed by atoms with Gasteiger partial charge in [0.25, 0.3) is 0 Å². The minimum Gasteiger partial charge on any atom is -0.353 e. The molecule has 0 bridgehead atoms. The lowest BCUT2D eigenvalue weighted by Gasteiger charge is -2.39. The number of aromatic nitrogens is 1. The molecule has 2 saturated heterocycles. The molecule has 7 nitrogen and oxygen atoms in total. The van der Waals surface area contributed by atoms with Gasteiger partial charge in [-0.2, -0.15) is 13.2 Å². The lowest BCUT2D eigenvalue weighted by molar-refractivity contribution is -0.138. The van der Waals surface area contributed by atoms with Gasteiger partial charge in [-0.05, 0) is 25.0 Å². The predicted molar refractivity (Wildman–Crippen MR) is 101 cm³/mol. The Labute approximate surface area is 168 Å². The lowest BCUT2D eigenvalue weighted by Crippen LogP contribution is -2.52. The van der Waals surface area contributed by atoms with Crippen LogP contribution in [0.25, 0.3) is 0 Å². The van der Waals surface area contributed by atoms with E-state index in [2.05, 4.69) is 4.98 Å². The fraction of sp³-hybridized carbons (Fsp3) is 0.632. The number of carbonyl (C=O) groups excluding carboxylic acids is 2. The summed E-state index contributed by atoms with van der Waals surface area (Å²) < 4.78 is 38.0. The Bertz CT molecular complexity index is 722. The average molecular weight is 413 g/mol. The van der Waals surface area contributed by atoms with Gasteiger partial charge in [-0.1, -0.05) is 0 Å². The van der Waals surface area contributed by atoms with E-state index in [0.717, 1.165) is 12.3 Å². The van der Waals surface area contributed by atoms with E-state index in [9.17, 15) is 22.8 Å². The van der Waals surface area contributed by atoms with Gasteiger partial charge in [0.2, 0.25) is 5.91 Å². The minimum absolute atomic E-state index is 0.0337. The highest BCUT2D eigenvalue weighted by Gasteiger charge is 2.33. The highest BCUT2D eigenvalue weighted by Crippen LogP contribution is 2.29. The van der Waals surface area contributed by atoms with E-state index in [1.807, 2.05) is 9.80 Å². The molecule has 2 aliphatic heterocycles. The second-order valence-corrected chi connectivity index (χ2v) is 7.65. The average Bonchev–Trinajstić information content (AvgIpc) is 2.72. The molecule has 2 aliphatic rings. The van der Waals surface area contributed by atoms with Crippen LogP contribution in [-0.2, 0) is 11.0 Å². The fourth-order valence-electron chi connectivity index (χ4n) is 3.76. The quantitative estimate of drug-likeness (QED) is 0.746. The van der Waals surface area contributed by atoms with Crippen LogP contribution < -0.4 is 4.90 Å². The summed E-state index contributed by atoms with van der Waals surface area (Å²) in [5.41, 5.74) is -0.769. The van der Waals surface area contributed by atoms with Crippen molar-refractivity contribution in [2.75, 3.05) is 58.3 Å². The van der Waals surface area contributed by atoms with Gasteiger partial charge >= 0.3 is 12.2 Å². The smallest absolute Gasteiger partial charge is 0.353 e. The number of hydrogen-bond donors (Lipinski definition) is 0. The summed E-state index contributed by atoms with van der Waals surface area (Å²) in [6, 6.07) is 2.37. The van der Waals surface area contributed by atoms with Crippen molar-refractivity contribution in [3.63, 3.8) is 0 Å². The van der Waals surface area contributed by atoms with Gasteiger partial charge in [0.05, 0.1) is 5.56 Å². The molecule has 0 unspecified atom stereocenters. The molecular formula is C19H26F3N5O2. The molecule has 0 N–H and O–H groups in total. The van der Waals surface area contributed by atoms with Crippen LogP contribution in [0.5, 0.6) is 0 Å². The first-order valence-electron chi connectivity index (χ1n) is 9.70. The number of rotatable bonds is 2. The number of piperazine rings is 1. The second-order valence-electron chi connectivity index (χ2n) is 7.65. The van der Waals surface area contributed by atoms with Crippen LogP contribution in [0.15, 0.2) is 18.3 Å². The molecule has 0 atom stereocenters. The third-order valence-corrected chi connectivity index (χ3v) is 5.49. The van der Waals surface area contributed by atoms with Crippen molar-refractivity contribution in [1.82, 2.24) is 19.7 Å². The highest BCUT2D eigenvalue weighted by molar-refractivity contribution is 5.80. The van der Waals surface area contributed by atoms with E-state index in [-0.39, 0.29) is 17.9 Å². The van der Waals surface area contributed by atoms with Crippen LogP contribution >= 0.6 is 0 Å². The predicted octanol–water partition coefficient (Wildman–Crippen LogP) is 2.14. The number of likely N-dealkylation sites (tertiary alicyclic amines) is 1. The van der Waals surface area contributed by atoms with Crippen LogP contribution in [0.3, 0.4) is 0 Å². The maximum absolute atomic E-state index is 12.8. The van der Waals surface area contributed by atoms with E-state index in [4.69, 9.17) is 0 Å². The molecule has 160 valence electrons. The minimum atomic E-state index is -4.40. The van der Waals surface area contributed by atoms with Crippen molar-refractivity contribution in [2.24, 2.45) is 5.92 Å². The molecule has 1 aromatic rings. The van der Waals surface area contributed by atoms with Crippen LogP contribution in [0.1, 0.15) is 18.4 Å². The SMILES string of the molecule is CN(C)C(=O)N1CCC(C(=O)N2CCN(c3ccc(C(F)(F)F)cn3)CC2)CC1. The number of alkyl halides is 3. The second kappa shape index (κ2) is 8.46. The first-order chi connectivity index (χ1) is 13.7. The summed E-state index contributed by atoms with van der Waals surface area (Å²) in [7, 11) is 3.43. The lowest BCUT2D eigenvalue weighted by atomic mass is 9.95. The summed E-state index contributed by atoms with van der Waals surface area (Å²) in [4.78, 5) is 35.8. The summed E-state index contributed by atoms with van der Waals surface area (Å²) in [5.74, 6) is 0.500. The van der Waals surface area contributed by atoms with Gasteiger partial charge in [-0.15, -0.1) is 0 Å². The van der Waals surface area contributed by atoms with E-state index >= 15 is 0 Å². The van der Waals surface area contributed by atoms with Crippen LogP contribution in [-0.4, -0.2) is 85.0 Å². The maximum Gasteiger partial charge on any atom is 0.417 e. The third kappa shape index (κ3) is 4.91. The number of urea groups is 1. The topological polar surface area (TPSA) is 60.0 Å². The Morgan fingerprint density at radius 1 is 1.00 bits per heavy atom. The normalized spacial score (nSPS) is 18.7. The van der Waals surface area contributed by atoms with Gasteiger partial charge in [0, 0.05) is 65.5 Å². The molecule has 29 heavy (non-hydrogen) atoms. The van der Waals surface area contributed by atoms with Crippen molar-refractivity contribution in [3.05, 3.63) is 23.9 Å². The Balaban J connectivity index is 1.49. The first-order valence-corrected chi connectivity index (χ1v) is 9.70. The van der Waals surface area contributed by atoms with Crippen LogP contribution in [0.4, 0.5) is 23.8 Å². The molecule has 2 fully saturated rings. The molecule has 0 saturated carbocycles. The summed E-state index contributed by atoms with van der Waals surface area (Å²) in [6.45, 7) is 3.23. The standard InChI is InChI=1S/C19H26F3N5O2/c1-24(2)18(29)27-7-5-14(6-8-27)17(28)26-11-9-25(10-12-26)16-4-3-15(13-23-16)19(20,21)22/h3-4,13-14H,5-12H2,1-2H3. The van der Waals surface area contributed by atoms with Crippen molar-refractivity contribution < 1.29 is 22.8 Å². The summed E-state index contributed by atoms with van der Waals surface area (Å²) >= 11 is 0. The molecule has 3 rings (SSSR count). The molecule has 1 aromatic heterocycles. The number of halogens is 3. The van der Waals surface area contributed by atoms with Crippen LogP contribution in [0, 0.1) is 5.92 Å². The Hall–Kier alpha value is -2.52. The van der Waals surface area contributed by atoms with Crippen molar-refractivity contribution in [2.45, 2.75) is 19.0 Å². The fourth-order valence-corrected chi connectivity index (χ4v) is 3.76. The molecule has 3 heterocycles. The van der Waals surface area contributed by atoms with Crippen LogP contribution in [0.2, 0.25) is 0 Å². The molecule has 0 aliphatic carbocycles. The van der Waals surface area contributed by atoms with Crippen molar-refractivity contribution >= 4 is 17.8 Å². The van der Waals surface area contributed by atoms with Gasteiger partial charge < -0.3 is 19.6 Å². The van der Waals surface area contributed by atoms with E-state index in [1.165, 1.54) is 11.0 Å². The van der Waals surface area contributed by atoms with E-state index < -0.39 is 11.7 Å². The molecule has 0 radical (unpaired) electrons. The zero-order valence-corrected chi connectivity index (χ0v) is 16.7. The van der Waals surface area contributed by atoms with Gasteiger partial charge in [-0.3, -0.25) is 4.79 Å². The van der Waals surface area contributed by atoms with Crippen molar-refractivity contribution in [1.29, 1.82) is 0 Å². The number of anilines is 1. The zero-order chi connectivity index (χ0) is 21.2. The van der Waals surface area contributed by atoms with E-state index in [1.54, 1.807) is 19.0 Å². The number of piperidine rings is 1. The monoisotopic (exact) mass is 413 g/mol. The summed E-state index contributed by atoms with van der Waals surface area (Å²) in [6.07, 6.45) is -2.25. The van der Waals surface area contributed by atoms with Gasteiger partial charge in [0.15, 0.2) is 0 Å². The number of nitrogens with zero attached hydrogens (tertiary/aromatic N) is 5. The Morgan fingerprint density at radius 2 is 1.62 bits per heavy atom.